The molecule has 0 aromatic heterocycles. The smallest absolute Gasteiger partial charge is 0.251 e. The van der Waals surface area contributed by atoms with Gasteiger partial charge in [-0.15, -0.1) is 0 Å². The average Bonchev–Trinajstić information content (AvgIpc) is 3.00. The largest absolute Gasteiger partial charge is 0.352 e. The highest BCUT2D eigenvalue weighted by Crippen LogP contribution is 2.22. The number of amides is 3. The van der Waals surface area contributed by atoms with Crippen molar-refractivity contribution in [3.8, 4) is 0 Å². The Morgan fingerprint density at radius 2 is 1.54 bits per heavy atom. The third-order valence-electron chi connectivity index (χ3n) is 4.39. The first-order valence-electron chi connectivity index (χ1n) is 8.61. The van der Waals surface area contributed by atoms with Crippen molar-refractivity contribution in [3.63, 3.8) is 0 Å². The molecule has 3 rings (SSSR count). The third kappa shape index (κ3) is 4.44. The van der Waals surface area contributed by atoms with Crippen LogP contribution in [-0.4, -0.2) is 32.7 Å². The number of nitrogens with zero attached hydrogens (tertiary/aromatic N) is 1. The molecule has 146 valence electrons. The second-order valence-electron chi connectivity index (χ2n) is 6.36. The predicted molar refractivity (Wildman–Crippen MR) is 102 cm³/mol. The average molecular weight is 401 g/mol. The van der Waals surface area contributed by atoms with Crippen LogP contribution in [0.1, 0.15) is 28.8 Å². The van der Waals surface area contributed by atoms with Crippen molar-refractivity contribution < 1.29 is 22.8 Å². The second-order valence-corrected chi connectivity index (χ2v) is 7.93. The molecule has 1 heterocycles. The zero-order valence-electron chi connectivity index (χ0n) is 14.9. The van der Waals surface area contributed by atoms with Gasteiger partial charge < -0.3 is 5.32 Å². The lowest BCUT2D eigenvalue weighted by Gasteiger charge is -2.14. The number of hydrogen-bond acceptors (Lipinski definition) is 5. The van der Waals surface area contributed by atoms with E-state index < -0.39 is 10.0 Å². The monoisotopic (exact) mass is 401 g/mol. The predicted octanol–water partition coefficient (Wildman–Crippen LogP) is 0.960. The van der Waals surface area contributed by atoms with E-state index in [0.717, 1.165) is 10.5 Å². The Labute approximate surface area is 162 Å². The van der Waals surface area contributed by atoms with Crippen molar-refractivity contribution in [1.29, 1.82) is 0 Å². The van der Waals surface area contributed by atoms with Gasteiger partial charge in [-0.05, 0) is 48.4 Å². The molecule has 0 bridgehead atoms. The van der Waals surface area contributed by atoms with Crippen LogP contribution in [0.15, 0.2) is 53.4 Å². The number of sulfonamides is 1. The number of benzene rings is 2. The molecule has 1 fully saturated rings. The maximum atomic E-state index is 12.2. The van der Waals surface area contributed by atoms with Crippen molar-refractivity contribution in [3.05, 3.63) is 59.7 Å². The first-order chi connectivity index (χ1) is 13.3. The van der Waals surface area contributed by atoms with Crippen LogP contribution in [0.3, 0.4) is 0 Å². The fraction of sp³-hybridized carbons (Fsp3) is 0.211. The molecule has 2 aromatic rings. The summed E-state index contributed by atoms with van der Waals surface area (Å²) < 4.78 is 22.5. The lowest BCUT2D eigenvalue weighted by molar-refractivity contribution is -0.121. The van der Waals surface area contributed by atoms with E-state index in [4.69, 9.17) is 5.14 Å². The molecule has 0 unspecified atom stereocenters. The normalized spacial score (nSPS) is 14.4. The maximum absolute atomic E-state index is 12.2. The molecule has 3 N–H and O–H groups in total. The first kappa shape index (κ1) is 19.7. The van der Waals surface area contributed by atoms with Gasteiger partial charge in [0.25, 0.3) is 5.91 Å². The maximum Gasteiger partial charge on any atom is 0.251 e. The molecule has 0 atom stereocenters. The van der Waals surface area contributed by atoms with Gasteiger partial charge in [-0.2, -0.15) is 0 Å². The van der Waals surface area contributed by atoms with Crippen LogP contribution in [0.2, 0.25) is 0 Å². The molecule has 28 heavy (non-hydrogen) atoms. The molecule has 1 aliphatic rings. The minimum atomic E-state index is -3.72. The summed E-state index contributed by atoms with van der Waals surface area (Å²) in [6, 6.07) is 12.4. The summed E-state index contributed by atoms with van der Waals surface area (Å²) in [7, 11) is -3.72. The van der Waals surface area contributed by atoms with Gasteiger partial charge in [0.2, 0.25) is 21.8 Å². The Kier molecular flexibility index (Phi) is 5.57. The number of anilines is 1. The lowest BCUT2D eigenvalue weighted by atomic mass is 10.1. The van der Waals surface area contributed by atoms with Crippen LogP contribution in [-0.2, 0) is 26.0 Å². The van der Waals surface area contributed by atoms with Crippen molar-refractivity contribution >= 4 is 33.4 Å². The molecule has 9 heteroatoms. The SMILES string of the molecule is NS(=O)(=O)c1ccc(CCNC(=O)c2ccc(N3C(=O)CCC3=O)cc2)cc1. The van der Waals surface area contributed by atoms with E-state index in [2.05, 4.69) is 5.32 Å². The minimum absolute atomic E-state index is 0.0374. The molecule has 0 aliphatic carbocycles. The number of primary sulfonamides is 1. The number of rotatable bonds is 6. The van der Waals surface area contributed by atoms with Gasteiger partial charge >= 0.3 is 0 Å². The highest BCUT2D eigenvalue weighted by atomic mass is 32.2. The summed E-state index contributed by atoms with van der Waals surface area (Å²) in [6.45, 7) is 0.360. The molecule has 0 saturated carbocycles. The van der Waals surface area contributed by atoms with Crippen molar-refractivity contribution in [2.24, 2.45) is 5.14 Å². The fourth-order valence-electron chi connectivity index (χ4n) is 2.89. The number of hydrogen-bond donors (Lipinski definition) is 2. The van der Waals surface area contributed by atoms with Gasteiger partial charge in [0.1, 0.15) is 0 Å². The Bertz CT molecular complexity index is 999. The molecule has 1 saturated heterocycles. The first-order valence-corrected chi connectivity index (χ1v) is 10.2. The highest BCUT2D eigenvalue weighted by molar-refractivity contribution is 7.89. The Hall–Kier alpha value is -3.04. The summed E-state index contributed by atoms with van der Waals surface area (Å²) in [5, 5.41) is 7.82. The van der Waals surface area contributed by atoms with Crippen molar-refractivity contribution in [1.82, 2.24) is 5.32 Å². The van der Waals surface area contributed by atoms with E-state index in [9.17, 15) is 22.8 Å². The number of imide groups is 1. The number of carbonyl (C=O) groups is 3. The van der Waals surface area contributed by atoms with E-state index in [1.807, 2.05) is 0 Å². The summed E-state index contributed by atoms with van der Waals surface area (Å²) in [4.78, 5) is 36.9. The minimum Gasteiger partial charge on any atom is -0.352 e. The second kappa shape index (κ2) is 7.91. The van der Waals surface area contributed by atoms with Crippen molar-refractivity contribution in [2.45, 2.75) is 24.2 Å². The van der Waals surface area contributed by atoms with Crippen LogP contribution in [0.5, 0.6) is 0 Å². The van der Waals surface area contributed by atoms with Crippen LogP contribution < -0.4 is 15.4 Å². The summed E-state index contributed by atoms with van der Waals surface area (Å²) >= 11 is 0. The molecule has 3 amide bonds. The van der Waals surface area contributed by atoms with E-state index in [1.54, 1.807) is 36.4 Å². The fourth-order valence-corrected chi connectivity index (χ4v) is 3.41. The van der Waals surface area contributed by atoms with Gasteiger partial charge in [-0.25, -0.2) is 13.6 Å². The van der Waals surface area contributed by atoms with Gasteiger partial charge in [0.05, 0.1) is 10.6 Å². The molecule has 2 aromatic carbocycles. The van der Waals surface area contributed by atoms with Crippen LogP contribution in [0, 0.1) is 0 Å². The summed E-state index contributed by atoms with van der Waals surface area (Å²) in [5.41, 5.74) is 1.72. The molecule has 8 nitrogen and oxygen atoms in total. The van der Waals surface area contributed by atoms with Crippen LogP contribution >= 0.6 is 0 Å². The number of carbonyl (C=O) groups excluding carboxylic acids is 3. The molecule has 0 spiro atoms. The molecular weight excluding hydrogens is 382 g/mol. The zero-order chi connectivity index (χ0) is 20.3. The summed E-state index contributed by atoms with van der Waals surface area (Å²) in [5.74, 6) is -0.766. The summed E-state index contributed by atoms with van der Waals surface area (Å²) in [6.07, 6.45) is 0.935. The van der Waals surface area contributed by atoms with Gasteiger partial charge in [0, 0.05) is 24.9 Å². The molecule has 1 aliphatic heterocycles. The molecule has 0 radical (unpaired) electrons. The third-order valence-corrected chi connectivity index (χ3v) is 5.32. The quantitative estimate of drug-likeness (QED) is 0.697. The Morgan fingerprint density at radius 3 is 2.07 bits per heavy atom. The highest BCUT2D eigenvalue weighted by Gasteiger charge is 2.30. The van der Waals surface area contributed by atoms with E-state index in [0.29, 0.717) is 24.2 Å². The number of nitrogens with two attached hydrogens (primary N) is 1. The standard InChI is InChI=1S/C19H19N3O5S/c20-28(26,27)16-7-1-13(2-8-16)11-12-21-19(25)14-3-5-15(6-4-14)22-17(23)9-10-18(22)24/h1-8H,9-12H2,(H,21,25)(H2,20,26,27). The Balaban J connectivity index is 1.55. The van der Waals surface area contributed by atoms with Gasteiger partial charge in [0.15, 0.2) is 0 Å². The van der Waals surface area contributed by atoms with Gasteiger partial charge in [-0.3, -0.25) is 19.3 Å². The van der Waals surface area contributed by atoms with E-state index in [1.165, 1.54) is 12.1 Å². The van der Waals surface area contributed by atoms with E-state index >= 15 is 0 Å². The lowest BCUT2D eigenvalue weighted by Crippen LogP contribution is -2.29. The van der Waals surface area contributed by atoms with Crippen LogP contribution in [0.4, 0.5) is 5.69 Å². The van der Waals surface area contributed by atoms with Crippen molar-refractivity contribution in [2.75, 3.05) is 11.4 Å². The topological polar surface area (TPSA) is 127 Å². The van der Waals surface area contributed by atoms with Crippen LogP contribution in [0.25, 0.3) is 0 Å². The zero-order valence-corrected chi connectivity index (χ0v) is 15.7. The van der Waals surface area contributed by atoms with Gasteiger partial charge in [-0.1, -0.05) is 12.1 Å². The molecular formula is C19H19N3O5S. The Morgan fingerprint density at radius 1 is 0.964 bits per heavy atom. The number of nitrogens with one attached hydrogen (secondary N) is 1. The van der Waals surface area contributed by atoms with E-state index in [-0.39, 0.29) is 35.5 Å².